The van der Waals surface area contributed by atoms with E-state index in [1.165, 1.54) is 17.4 Å². The van der Waals surface area contributed by atoms with Crippen LogP contribution in [0.25, 0.3) is 0 Å². The number of nitrogens with zero attached hydrogens (tertiary/aromatic N) is 2. The third kappa shape index (κ3) is 3.65. The Balaban J connectivity index is 3.68. The minimum Gasteiger partial charge on any atom is -0.277 e. The van der Waals surface area contributed by atoms with Gasteiger partial charge in [0.15, 0.2) is 0 Å². The molecule has 0 bridgehead atoms. The van der Waals surface area contributed by atoms with Crippen LogP contribution in [0.2, 0.25) is 0 Å². The standard InChI is InChI=1S/C6H11N3O/c1-3-5-7-9(4-2)8-6-10/h3,5-6H,1,4H2,2H3,(H,8,10)/b7-5-. The van der Waals surface area contributed by atoms with E-state index in [2.05, 4.69) is 17.1 Å². The van der Waals surface area contributed by atoms with Crippen LogP contribution in [0.5, 0.6) is 0 Å². The van der Waals surface area contributed by atoms with Crippen molar-refractivity contribution in [3.8, 4) is 0 Å². The molecule has 0 unspecified atom stereocenters. The molecule has 0 saturated heterocycles. The summed E-state index contributed by atoms with van der Waals surface area (Å²) >= 11 is 0. The molecule has 0 saturated carbocycles. The van der Waals surface area contributed by atoms with E-state index >= 15 is 0 Å². The van der Waals surface area contributed by atoms with Crippen molar-refractivity contribution in [2.45, 2.75) is 6.92 Å². The Morgan fingerprint density at radius 2 is 2.50 bits per heavy atom. The van der Waals surface area contributed by atoms with Gasteiger partial charge in [-0.15, -0.1) is 0 Å². The Kier molecular flexibility index (Phi) is 5.04. The molecular weight excluding hydrogens is 130 g/mol. The van der Waals surface area contributed by atoms with Gasteiger partial charge in [0.25, 0.3) is 0 Å². The third-order valence-electron chi connectivity index (χ3n) is 0.813. The summed E-state index contributed by atoms with van der Waals surface area (Å²) in [6.45, 7) is 5.93. The molecule has 0 aliphatic heterocycles. The van der Waals surface area contributed by atoms with Gasteiger partial charge >= 0.3 is 0 Å². The molecule has 1 amide bonds. The van der Waals surface area contributed by atoms with Crippen molar-refractivity contribution >= 4 is 12.6 Å². The molecule has 0 heterocycles. The van der Waals surface area contributed by atoms with Crippen LogP contribution in [0.15, 0.2) is 17.8 Å². The summed E-state index contributed by atoms with van der Waals surface area (Å²) in [6.07, 6.45) is 3.61. The van der Waals surface area contributed by atoms with Crippen molar-refractivity contribution in [2.24, 2.45) is 5.10 Å². The zero-order chi connectivity index (χ0) is 7.82. The number of hydrazone groups is 1. The van der Waals surface area contributed by atoms with E-state index in [4.69, 9.17) is 0 Å². The number of carbonyl (C=O) groups excluding carboxylic acids is 1. The van der Waals surface area contributed by atoms with Crippen LogP contribution in [0, 0.1) is 0 Å². The normalized spacial score (nSPS) is 9.30. The van der Waals surface area contributed by atoms with Crippen LogP contribution in [-0.4, -0.2) is 24.3 Å². The summed E-state index contributed by atoms with van der Waals surface area (Å²) in [5, 5.41) is 5.20. The first-order chi connectivity index (χ1) is 4.85. The highest BCUT2D eigenvalue weighted by Crippen LogP contribution is 1.78. The Morgan fingerprint density at radius 1 is 1.80 bits per heavy atom. The molecule has 4 heteroatoms. The first-order valence-electron chi connectivity index (χ1n) is 2.97. The Morgan fingerprint density at radius 3 is 2.90 bits per heavy atom. The fourth-order valence-electron chi connectivity index (χ4n) is 0.395. The van der Waals surface area contributed by atoms with Crippen LogP contribution < -0.4 is 5.43 Å². The number of nitrogens with one attached hydrogen (secondary N) is 1. The number of carbonyl (C=O) groups is 1. The number of rotatable bonds is 5. The van der Waals surface area contributed by atoms with Gasteiger partial charge < -0.3 is 0 Å². The molecule has 4 nitrogen and oxygen atoms in total. The summed E-state index contributed by atoms with van der Waals surface area (Å²) < 4.78 is 0. The second kappa shape index (κ2) is 5.81. The molecule has 0 aliphatic rings. The van der Waals surface area contributed by atoms with Crippen molar-refractivity contribution < 1.29 is 4.79 Å². The first-order valence-corrected chi connectivity index (χ1v) is 2.97. The van der Waals surface area contributed by atoms with Gasteiger partial charge in [-0.2, -0.15) is 5.10 Å². The fourth-order valence-corrected chi connectivity index (χ4v) is 0.395. The lowest BCUT2D eigenvalue weighted by atomic mass is 10.7. The van der Waals surface area contributed by atoms with Crippen molar-refractivity contribution in [1.82, 2.24) is 10.5 Å². The van der Waals surface area contributed by atoms with Crippen LogP contribution in [0.4, 0.5) is 0 Å². The van der Waals surface area contributed by atoms with E-state index in [9.17, 15) is 4.79 Å². The molecule has 0 spiro atoms. The summed E-state index contributed by atoms with van der Waals surface area (Å²) in [5.74, 6) is 0. The Hall–Kier alpha value is -1.32. The van der Waals surface area contributed by atoms with E-state index in [-0.39, 0.29) is 0 Å². The monoisotopic (exact) mass is 141 g/mol. The quantitative estimate of drug-likeness (QED) is 0.336. The van der Waals surface area contributed by atoms with Crippen molar-refractivity contribution in [3.05, 3.63) is 12.7 Å². The number of hydrogen-bond donors (Lipinski definition) is 1. The molecule has 0 fully saturated rings. The predicted octanol–water partition coefficient (Wildman–Crippen LogP) is 0.141. The molecule has 0 aliphatic carbocycles. The average molecular weight is 141 g/mol. The van der Waals surface area contributed by atoms with Crippen LogP contribution >= 0.6 is 0 Å². The SMILES string of the molecule is C=C/C=N\N(CC)NC=O. The average Bonchev–Trinajstić information content (AvgIpc) is 1.98. The molecule has 0 radical (unpaired) electrons. The molecule has 56 valence electrons. The molecule has 0 aromatic heterocycles. The molecule has 10 heavy (non-hydrogen) atoms. The molecular formula is C6H11N3O. The van der Waals surface area contributed by atoms with Gasteiger partial charge in [0.05, 0.1) is 6.54 Å². The predicted molar refractivity (Wildman–Crippen MR) is 40.3 cm³/mol. The van der Waals surface area contributed by atoms with E-state index < -0.39 is 0 Å². The van der Waals surface area contributed by atoms with Gasteiger partial charge in [-0.25, -0.2) is 5.12 Å². The summed E-state index contributed by atoms with van der Waals surface area (Å²) in [5.41, 5.74) is 2.37. The number of hydrazine groups is 1. The molecule has 0 aromatic rings. The highest BCUT2D eigenvalue weighted by atomic mass is 16.1. The van der Waals surface area contributed by atoms with Gasteiger partial charge in [-0.1, -0.05) is 6.58 Å². The van der Waals surface area contributed by atoms with E-state index in [1.54, 1.807) is 0 Å². The molecule has 1 N–H and O–H groups in total. The zero-order valence-electron chi connectivity index (χ0n) is 5.95. The van der Waals surface area contributed by atoms with Crippen molar-refractivity contribution in [3.63, 3.8) is 0 Å². The highest BCUT2D eigenvalue weighted by Gasteiger charge is 1.88. The second-order valence-electron chi connectivity index (χ2n) is 1.46. The van der Waals surface area contributed by atoms with Gasteiger partial charge in [0, 0.05) is 6.21 Å². The lowest BCUT2D eigenvalue weighted by Gasteiger charge is -2.12. The maximum absolute atomic E-state index is 9.88. The topological polar surface area (TPSA) is 44.7 Å². The third-order valence-corrected chi connectivity index (χ3v) is 0.813. The number of amides is 1. The largest absolute Gasteiger partial charge is 0.277 e. The number of allylic oxidation sites excluding steroid dienone is 1. The maximum atomic E-state index is 9.88. The lowest BCUT2D eigenvalue weighted by Crippen LogP contribution is -2.31. The fraction of sp³-hybridized carbons (Fsp3) is 0.333. The summed E-state index contributed by atoms with van der Waals surface area (Å²) in [6, 6.07) is 0. The first kappa shape index (κ1) is 8.68. The lowest BCUT2D eigenvalue weighted by molar-refractivity contribution is -0.113. The minimum absolute atomic E-state index is 0.573. The van der Waals surface area contributed by atoms with E-state index in [1.807, 2.05) is 6.92 Å². The summed E-state index contributed by atoms with van der Waals surface area (Å²) in [7, 11) is 0. The van der Waals surface area contributed by atoms with Crippen molar-refractivity contribution in [2.75, 3.05) is 6.54 Å². The smallest absolute Gasteiger partial charge is 0.226 e. The van der Waals surface area contributed by atoms with Crippen LogP contribution in [0.1, 0.15) is 6.92 Å². The van der Waals surface area contributed by atoms with Crippen molar-refractivity contribution in [1.29, 1.82) is 0 Å². The molecule has 0 aromatic carbocycles. The zero-order valence-corrected chi connectivity index (χ0v) is 5.95. The molecule has 0 atom stereocenters. The number of hydrogen-bond acceptors (Lipinski definition) is 3. The van der Waals surface area contributed by atoms with Gasteiger partial charge in [-0.05, 0) is 13.0 Å². The van der Waals surface area contributed by atoms with Crippen LogP contribution in [-0.2, 0) is 4.79 Å². The van der Waals surface area contributed by atoms with Gasteiger partial charge in [-0.3, -0.25) is 10.2 Å². The maximum Gasteiger partial charge on any atom is 0.226 e. The van der Waals surface area contributed by atoms with E-state index in [0.29, 0.717) is 13.0 Å². The second-order valence-corrected chi connectivity index (χ2v) is 1.46. The summed E-state index contributed by atoms with van der Waals surface area (Å²) in [4.78, 5) is 9.88. The van der Waals surface area contributed by atoms with Gasteiger partial charge in [0.1, 0.15) is 0 Å². The Labute approximate surface area is 60.2 Å². The highest BCUT2D eigenvalue weighted by molar-refractivity contribution is 5.69. The van der Waals surface area contributed by atoms with Gasteiger partial charge in [0.2, 0.25) is 6.41 Å². The Bertz CT molecular complexity index is 133. The van der Waals surface area contributed by atoms with Crippen LogP contribution in [0.3, 0.4) is 0 Å². The molecule has 0 rings (SSSR count). The minimum atomic E-state index is 0.573. The van der Waals surface area contributed by atoms with E-state index in [0.717, 1.165) is 0 Å².